The van der Waals surface area contributed by atoms with Gasteiger partial charge in [-0.1, -0.05) is 42.1 Å². The zero-order chi connectivity index (χ0) is 20.1. The van der Waals surface area contributed by atoms with Gasteiger partial charge in [-0.05, 0) is 47.2 Å². The van der Waals surface area contributed by atoms with Crippen LogP contribution in [-0.2, 0) is 11.2 Å². The molecule has 0 radical (unpaired) electrons. The number of tetrazole rings is 1. The molecule has 146 valence electrons. The normalized spacial score (nSPS) is 10.8. The van der Waals surface area contributed by atoms with E-state index in [0.717, 1.165) is 28.7 Å². The number of nitrogens with one attached hydrogen (secondary N) is 2. The van der Waals surface area contributed by atoms with E-state index >= 15 is 0 Å². The highest BCUT2D eigenvalue weighted by atomic mass is 32.2. The number of amides is 1. The van der Waals surface area contributed by atoms with Crippen LogP contribution in [0.4, 0.5) is 5.69 Å². The Morgan fingerprint density at radius 3 is 2.66 bits per heavy atom. The summed E-state index contributed by atoms with van der Waals surface area (Å²) in [6.45, 7) is 2.00. The number of aromatic nitrogens is 6. The maximum Gasteiger partial charge on any atom is 0.234 e. The summed E-state index contributed by atoms with van der Waals surface area (Å²) in [6.07, 6.45) is 2.28. The van der Waals surface area contributed by atoms with E-state index in [4.69, 9.17) is 0 Å². The maximum atomic E-state index is 12.3. The fourth-order valence-electron chi connectivity index (χ4n) is 2.80. The second-order valence-electron chi connectivity index (χ2n) is 6.41. The van der Waals surface area contributed by atoms with Gasteiger partial charge in [0.1, 0.15) is 6.33 Å². The van der Waals surface area contributed by atoms with Crippen molar-refractivity contribution in [2.45, 2.75) is 18.5 Å². The van der Waals surface area contributed by atoms with Crippen LogP contribution in [0.25, 0.3) is 5.69 Å². The van der Waals surface area contributed by atoms with E-state index in [1.54, 1.807) is 4.68 Å². The highest BCUT2D eigenvalue weighted by Crippen LogP contribution is 2.20. The molecule has 0 saturated heterocycles. The average molecular weight is 405 g/mol. The molecule has 8 nitrogen and oxygen atoms in total. The molecule has 4 aromatic rings. The number of carbonyl (C=O) groups excluding carboxylic acids is 1. The van der Waals surface area contributed by atoms with Gasteiger partial charge in [0.15, 0.2) is 5.16 Å². The predicted octanol–water partition coefficient (Wildman–Crippen LogP) is 3.02. The van der Waals surface area contributed by atoms with Crippen LogP contribution >= 0.6 is 11.8 Å². The van der Waals surface area contributed by atoms with Gasteiger partial charge in [-0.25, -0.2) is 9.67 Å². The van der Waals surface area contributed by atoms with Crippen LogP contribution in [0.2, 0.25) is 0 Å². The number of thioether (sulfide) groups is 1. The molecule has 2 aromatic carbocycles. The van der Waals surface area contributed by atoms with Crippen molar-refractivity contribution >= 4 is 23.4 Å². The van der Waals surface area contributed by atoms with Crippen LogP contribution in [0.15, 0.2) is 66.1 Å². The largest absolute Gasteiger partial charge is 0.337 e. The Kier molecular flexibility index (Phi) is 5.66. The zero-order valence-electron chi connectivity index (χ0n) is 15.7. The molecule has 29 heavy (non-hydrogen) atoms. The molecule has 1 amide bonds. The zero-order valence-corrected chi connectivity index (χ0v) is 16.6. The van der Waals surface area contributed by atoms with E-state index in [2.05, 4.69) is 42.9 Å². The highest BCUT2D eigenvalue weighted by molar-refractivity contribution is 7.99. The number of anilines is 1. The lowest BCUT2D eigenvalue weighted by Gasteiger charge is -2.05. The van der Waals surface area contributed by atoms with Gasteiger partial charge in [0, 0.05) is 17.8 Å². The monoisotopic (exact) mass is 405 g/mol. The molecule has 0 saturated carbocycles. The first-order valence-corrected chi connectivity index (χ1v) is 10.0. The Bertz CT molecular complexity index is 1080. The minimum atomic E-state index is -0.0937. The summed E-state index contributed by atoms with van der Waals surface area (Å²) >= 11 is 1.39. The van der Waals surface area contributed by atoms with E-state index in [1.807, 2.05) is 49.4 Å². The number of imidazole rings is 1. The van der Waals surface area contributed by atoms with Crippen molar-refractivity contribution in [3.05, 3.63) is 77.9 Å². The molecule has 0 spiro atoms. The van der Waals surface area contributed by atoms with E-state index in [0.29, 0.717) is 5.69 Å². The number of hydrogen-bond donors (Lipinski definition) is 2. The Hall–Kier alpha value is -3.46. The van der Waals surface area contributed by atoms with Gasteiger partial charge in [0.2, 0.25) is 5.91 Å². The van der Waals surface area contributed by atoms with Crippen molar-refractivity contribution in [1.82, 2.24) is 30.2 Å². The van der Waals surface area contributed by atoms with Gasteiger partial charge < -0.3 is 10.3 Å². The van der Waals surface area contributed by atoms with E-state index in [9.17, 15) is 4.79 Å². The number of carbonyl (C=O) groups is 1. The van der Waals surface area contributed by atoms with Gasteiger partial charge in [0.25, 0.3) is 0 Å². The second-order valence-corrected chi connectivity index (χ2v) is 7.38. The molecule has 4 rings (SSSR count). The van der Waals surface area contributed by atoms with Gasteiger partial charge >= 0.3 is 0 Å². The average Bonchev–Trinajstić information content (AvgIpc) is 3.38. The third kappa shape index (κ3) is 4.88. The quantitative estimate of drug-likeness (QED) is 0.458. The van der Waals surface area contributed by atoms with E-state index in [1.165, 1.54) is 23.7 Å². The second kappa shape index (κ2) is 8.70. The van der Waals surface area contributed by atoms with Crippen molar-refractivity contribution in [3.63, 3.8) is 0 Å². The first-order chi connectivity index (χ1) is 14.2. The van der Waals surface area contributed by atoms with Gasteiger partial charge in [-0.2, -0.15) is 0 Å². The summed E-state index contributed by atoms with van der Waals surface area (Å²) in [6, 6.07) is 17.5. The lowest BCUT2D eigenvalue weighted by atomic mass is 10.1. The van der Waals surface area contributed by atoms with Crippen LogP contribution in [0.5, 0.6) is 0 Å². The summed E-state index contributed by atoms with van der Waals surface area (Å²) < 4.78 is 1.55. The first-order valence-electron chi connectivity index (χ1n) is 9.03. The number of rotatable bonds is 7. The predicted molar refractivity (Wildman–Crippen MR) is 111 cm³/mol. The number of benzene rings is 2. The summed E-state index contributed by atoms with van der Waals surface area (Å²) in [4.78, 5) is 20.2. The lowest BCUT2D eigenvalue weighted by Crippen LogP contribution is -2.14. The van der Waals surface area contributed by atoms with Crippen LogP contribution < -0.4 is 5.32 Å². The fraction of sp³-hybridized carbons (Fsp3) is 0.150. The third-order valence-corrected chi connectivity index (χ3v) is 5.16. The van der Waals surface area contributed by atoms with Crippen molar-refractivity contribution < 1.29 is 4.79 Å². The smallest absolute Gasteiger partial charge is 0.234 e. The van der Waals surface area contributed by atoms with Crippen LogP contribution in [0, 0.1) is 6.92 Å². The van der Waals surface area contributed by atoms with Crippen LogP contribution in [-0.4, -0.2) is 41.8 Å². The SMILES string of the molecule is Cc1[nH]c(SCC(=O)Nc2ccc(-n3cnnn3)cc2)nc1Cc1ccccc1. The fourth-order valence-corrected chi connectivity index (χ4v) is 3.54. The molecule has 2 aromatic heterocycles. The minimum absolute atomic E-state index is 0.0937. The molecule has 0 atom stereocenters. The Labute approximate surface area is 171 Å². The van der Waals surface area contributed by atoms with Crippen LogP contribution in [0.1, 0.15) is 17.0 Å². The van der Waals surface area contributed by atoms with Gasteiger partial charge in [0.05, 0.1) is 17.1 Å². The summed E-state index contributed by atoms with van der Waals surface area (Å²) in [5, 5.41) is 14.7. The molecule has 0 bridgehead atoms. The number of nitrogens with zero attached hydrogens (tertiary/aromatic N) is 5. The summed E-state index contributed by atoms with van der Waals surface area (Å²) in [5.74, 6) is 0.177. The van der Waals surface area contributed by atoms with Crippen molar-refractivity contribution in [3.8, 4) is 5.69 Å². The molecular formula is C20H19N7OS. The van der Waals surface area contributed by atoms with Crippen molar-refractivity contribution in [1.29, 1.82) is 0 Å². The Balaban J connectivity index is 1.31. The number of aromatic amines is 1. The molecule has 0 fully saturated rings. The highest BCUT2D eigenvalue weighted by Gasteiger charge is 2.10. The number of aryl methyl sites for hydroxylation is 1. The first kappa shape index (κ1) is 18.9. The standard InChI is InChI=1S/C20H19N7OS/c1-14-18(11-15-5-3-2-4-6-15)24-20(22-14)29-12-19(28)23-16-7-9-17(10-8-16)27-13-21-25-26-27/h2-10,13H,11-12H2,1H3,(H,22,24)(H,23,28). The molecule has 2 N–H and O–H groups in total. The topological polar surface area (TPSA) is 101 Å². The maximum absolute atomic E-state index is 12.3. The molecule has 0 unspecified atom stereocenters. The lowest BCUT2D eigenvalue weighted by molar-refractivity contribution is -0.113. The summed E-state index contributed by atoms with van der Waals surface area (Å²) in [5.41, 5.74) is 4.76. The van der Waals surface area contributed by atoms with Crippen LogP contribution in [0.3, 0.4) is 0 Å². The Morgan fingerprint density at radius 1 is 1.14 bits per heavy atom. The number of H-pyrrole nitrogens is 1. The van der Waals surface area contributed by atoms with E-state index in [-0.39, 0.29) is 11.7 Å². The number of hydrogen-bond acceptors (Lipinski definition) is 6. The Morgan fingerprint density at radius 2 is 1.93 bits per heavy atom. The van der Waals surface area contributed by atoms with Gasteiger partial charge in [-0.15, -0.1) is 5.10 Å². The van der Waals surface area contributed by atoms with Crippen molar-refractivity contribution in [2.75, 3.05) is 11.1 Å². The molecule has 2 heterocycles. The van der Waals surface area contributed by atoms with Crippen molar-refractivity contribution in [2.24, 2.45) is 0 Å². The molecular weight excluding hydrogens is 386 g/mol. The molecule has 9 heteroatoms. The minimum Gasteiger partial charge on any atom is -0.337 e. The molecule has 0 aliphatic rings. The molecule has 0 aliphatic carbocycles. The molecule has 0 aliphatic heterocycles. The van der Waals surface area contributed by atoms with Gasteiger partial charge in [-0.3, -0.25) is 4.79 Å². The summed E-state index contributed by atoms with van der Waals surface area (Å²) in [7, 11) is 0. The third-order valence-electron chi connectivity index (χ3n) is 4.28. The van der Waals surface area contributed by atoms with E-state index < -0.39 is 0 Å².